The average Bonchev–Trinajstić information content (AvgIpc) is 3.22. The molecule has 0 atom stereocenters. The molecule has 2 N–H and O–H groups in total. The van der Waals surface area contributed by atoms with E-state index in [0.717, 1.165) is 42.5 Å². The SMILES string of the molecule is COC(=O)c1ccc2cc(-n3ccn(CCC4CCNCC4)c3=O)ccc2c1.O=C(O)C(F)(F)F. The molecule has 0 bridgehead atoms. The predicted molar refractivity (Wildman–Crippen MR) is 123 cm³/mol. The molecule has 0 radical (unpaired) electrons. The summed E-state index contributed by atoms with van der Waals surface area (Å²) in [4.78, 5) is 33.4. The van der Waals surface area contributed by atoms with Gasteiger partial charge in [-0.25, -0.2) is 14.4 Å². The van der Waals surface area contributed by atoms with Gasteiger partial charge in [-0.3, -0.25) is 9.13 Å². The van der Waals surface area contributed by atoms with Crippen LogP contribution in [0.2, 0.25) is 0 Å². The number of nitrogens with one attached hydrogen (secondary N) is 1. The van der Waals surface area contributed by atoms with Gasteiger partial charge >= 0.3 is 23.8 Å². The van der Waals surface area contributed by atoms with Crippen LogP contribution in [0.25, 0.3) is 16.5 Å². The molecule has 35 heavy (non-hydrogen) atoms. The average molecular weight is 493 g/mol. The zero-order chi connectivity index (χ0) is 25.6. The lowest BCUT2D eigenvalue weighted by Crippen LogP contribution is -2.29. The topological polar surface area (TPSA) is 103 Å². The monoisotopic (exact) mass is 493 g/mol. The van der Waals surface area contributed by atoms with Crippen LogP contribution < -0.4 is 11.0 Å². The number of piperidine rings is 1. The summed E-state index contributed by atoms with van der Waals surface area (Å²) in [5.74, 6) is -2.42. The molecular formula is C24H26F3N3O5. The number of hydrogen-bond donors (Lipinski definition) is 2. The van der Waals surface area contributed by atoms with Gasteiger partial charge in [-0.1, -0.05) is 12.1 Å². The van der Waals surface area contributed by atoms with Gasteiger partial charge in [-0.05, 0) is 73.3 Å². The Kier molecular flexibility index (Phi) is 8.34. The second-order valence-electron chi connectivity index (χ2n) is 8.17. The number of rotatable bonds is 5. The number of alkyl halides is 3. The highest BCUT2D eigenvalue weighted by Gasteiger charge is 2.38. The van der Waals surface area contributed by atoms with Gasteiger partial charge in [0, 0.05) is 18.9 Å². The smallest absolute Gasteiger partial charge is 0.475 e. The van der Waals surface area contributed by atoms with E-state index in [1.54, 1.807) is 21.3 Å². The van der Waals surface area contributed by atoms with E-state index in [-0.39, 0.29) is 11.7 Å². The summed E-state index contributed by atoms with van der Waals surface area (Å²) in [5, 5.41) is 12.4. The van der Waals surface area contributed by atoms with Crippen molar-refractivity contribution in [2.75, 3.05) is 20.2 Å². The number of carboxylic acids is 1. The molecule has 3 aromatic rings. The minimum atomic E-state index is -5.08. The second-order valence-corrected chi connectivity index (χ2v) is 8.17. The summed E-state index contributed by atoms with van der Waals surface area (Å²) in [6.07, 6.45) is 2.03. The molecule has 1 aromatic heterocycles. The van der Waals surface area contributed by atoms with Gasteiger partial charge in [-0.15, -0.1) is 0 Å². The van der Waals surface area contributed by atoms with E-state index in [9.17, 15) is 22.8 Å². The van der Waals surface area contributed by atoms with E-state index >= 15 is 0 Å². The number of methoxy groups -OCH3 is 1. The van der Waals surface area contributed by atoms with E-state index in [4.69, 9.17) is 14.6 Å². The fourth-order valence-corrected chi connectivity index (χ4v) is 3.90. The zero-order valence-corrected chi connectivity index (χ0v) is 19.0. The number of halogens is 3. The van der Waals surface area contributed by atoms with Crippen molar-refractivity contribution in [1.82, 2.24) is 14.5 Å². The van der Waals surface area contributed by atoms with Gasteiger partial charge in [0.25, 0.3) is 0 Å². The van der Waals surface area contributed by atoms with Crippen molar-refractivity contribution < 1.29 is 32.6 Å². The van der Waals surface area contributed by atoms with Gasteiger partial charge in [-0.2, -0.15) is 13.2 Å². The van der Waals surface area contributed by atoms with Crippen LogP contribution in [0.15, 0.2) is 53.6 Å². The van der Waals surface area contributed by atoms with Crippen molar-refractivity contribution in [2.45, 2.75) is 32.0 Å². The van der Waals surface area contributed by atoms with E-state index < -0.39 is 12.1 Å². The summed E-state index contributed by atoms with van der Waals surface area (Å²) in [6, 6.07) is 11.2. The minimum Gasteiger partial charge on any atom is -0.475 e. The molecule has 0 amide bonds. The number of imidazole rings is 1. The molecule has 0 unspecified atom stereocenters. The van der Waals surface area contributed by atoms with Crippen LogP contribution in [0.1, 0.15) is 29.6 Å². The number of esters is 1. The molecule has 0 saturated carbocycles. The maximum absolute atomic E-state index is 12.8. The van der Waals surface area contributed by atoms with Gasteiger partial charge in [0.2, 0.25) is 0 Å². The maximum atomic E-state index is 12.8. The summed E-state index contributed by atoms with van der Waals surface area (Å²) < 4.78 is 40.0. The van der Waals surface area contributed by atoms with Crippen LogP contribution >= 0.6 is 0 Å². The van der Waals surface area contributed by atoms with Crippen molar-refractivity contribution >= 4 is 22.7 Å². The number of carboxylic acid groups (broad SMARTS) is 1. The molecule has 0 aliphatic carbocycles. The largest absolute Gasteiger partial charge is 0.490 e. The number of aryl methyl sites for hydroxylation is 1. The summed E-state index contributed by atoms with van der Waals surface area (Å²) in [6.45, 7) is 2.91. The molecule has 0 spiro atoms. The van der Waals surface area contributed by atoms with Gasteiger partial charge in [0.1, 0.15) is 0 Å². The first-order valence-corrected chi connectivity index (χ1v) is 11.0. The van der Waals surface area contributed by atoms with Crippen LogP contribution in [0, 0.1) is 5.92 Å². The number of aromatic nitrogens is 2. The van der Waals surface area contributed by atoms with Crippen molar-refractivity contribution in [3.05, 3.63) is 64.8 Å². The molecule has 188 valence electrons. The Balaban J connectivity index is 0.000000429. The molecule has 11 heteroatoms. The Morgan fingerprint density at radius 3 is 2.34 bits per heavy atom. The highest BCUT2D eigenvalue weighted by molar-refractivity contribution is 5.95. The van der Waals surface area contributed by atoms with Crippen LogP contribution in [0.3, 0.4) is 0 Å². The highest BCUT2D eigenvalue weighted by atomic mass is 19.4. The highest BCUT2D eigenvalue weighted by Crippen LogP contribution is 2.21. The molecule has 4 rings (SSSR count). The van der Waals surface area contributed by atoms with E-state index in [0.29, 0.717) is 11.5 Å². The molecule has 2 heterocycles. The van der Waals surface area contributed by atoms with E-state index in [2.05, 4.69) is 5.32 Å². The number of hydrogen-bond acceptors (Lipinski definition) is 5. The Morgan fingerprint density at radius 1 is 1.09 bits per heavy atom. The lowest BCUT2D eigenvalue weighted by molar-refractivity contribution is -0.192. The van der Waals surface area contributed by atoms with Gasteiger partial charge in [0.15, 0.2) is 0 Å². The van der Waals surface area contributed by atoms with Crippen LogP contribution in [0.5, 0.6) is 0 Å². The zero-order valence-electron chi connectivity index (χ0n) is 19.0. The Morgan fingerprint density at radius 2 is 1.71 bits per heavy atom. The van der Waals surface area contributed by atoms with Crippen LogP contribution in [-0.4, -0.2) is 52.6 Å². The second kappa shape index (κ2) is 11.2. The first-order chi connectivity index (χ1) is 16.6. The molecule has 1 fully saturated rings. The normalized spacial score (nSPS) is 14.3. The molecule has 1 aliphatic rings. The van der Waals surface area contributed by atoms with Crippen molar-refractivity contribution in [1.29, 1.82) is 0 Å². The van der Waals surface area contributed by atoms with Crippen LogP contribution in [-0.2, 0) is 16.1 Å². The third kappa shape index (κ3) is 6.72. The maximum Gasteiger partial charge on any atom is 0.490 e. The standard InChI is InChI=1S/C22H25N3O3.C2HF3O2/c1-28-21(26)19-3-2-18-15-20(5-4-17(18)14-19)25-13-12-24(22(25)27)11-8-16-6-9-23-10-7-16;3-2(4,5)1(6)7/h2-5,12-16,23H,6-11H2,1H3;(H,6,7). The first kappa shape index (κ1) is 26.0. The van der Waals surface area contributed by atoms with Gasteiger partial charge < -0.3 is 15.2 Å². The molecular weight excluding hydrogens is 467 g/mol. The predicted octanol–water partition coefficient (Wildman–Crippen LogP) is 3.60. The summed E-state index contributed by atoms with van der Waals surface area (Å²) in [7, 11) is 1.37. The Hall–Kier alpha value is -3.60. The summed E-state index contributed by atoms with van der Waals surface area (Å²) >= 11 is 0. The quantitative estimate of drug-likeness (QED) is 0.527. The number of nitrogens with zero attached hydrogens (tertiary/aromatic N) is 2. The molecule has 1 aliphatic heterocycles. The fourth-order valence-electron chi connectivity index (χ4n) is 3.90. The number of aliphatic carboxylic acids is 1. The van der Waals surface area contributed by atoms with Crippen LogP contribution in [0.4, 0.5) is 13.2 Å². The number of carbonyl (C=O) groups is 2. The lowest BCUT2D eigenvalue weighted by atomic mass is 9.95. The van der Waals surface area contributed by atoms with Crippen molar-refractivity contribution in [3.8, 4) is 5.69 Å². The van der Waals surface area contributed by atoms with Gasteiger partial charge in [0.05, 0.1) is 18.4 Å². The first-order valence-electron chi connectivity index (χ1n) is 11.0. The van der Waals surface area contributed by atoms with E-state index in [1.807, 2.05) is 36.7 Å². The molecule has 2 aromatic carbocycles. The summed E-state index contributed by atoms with van der Waals surface area (Å²) in [5.41, 5.74) is 1.33. The number of ether oxygens (including phenoxy) is 1. The third-order valence-corrected chi connectivity index (χ3v) is 5.85. The molecule has 1 saturated heterocycles. The Labute approximate surface area is 198 Å². The van der Waals surface area contributed by atoms with Crippen molar-refractivity contribution in [2.24, 2.45) is 5.92 Å². The number of carbonyl (C=O) groups excluding carboxylic acids is 1. The number of benzene rings is 2. The molecule has 8 nitrogen and oxygen atoms in total. The van der Waals surface area contributed by atoms with Crippen molar-refractivity contribution in [3.63, 3.8) is 0 Å². The number of fused-ring (bicyclic) bond motifs is 1. The minimum absolute atomic E-state index is 0.0144. The third-order valence-electron chi connectivity index (χ3n) is 5.85. The van der Waals surface area contributed by atoms with E-state index in [1.165, 1.54) is 20.0 Å². The lowest BCUT2D eigenvalue weighted by Gasteiger charge is -2.22. The fraction of sp³-hybridized carbons (Fsp3) is 0.375. The Bertz CT molecular complexity index is 1240.